The van der Waals surface area contributed by atoms with Crippen molar-refractivity contribution in [3.05, 3.63) is 51.7 Å². The van der Waals surface area contributed by atoms with Gasteiger partial charge in [0.25, 0.3) is 6.47 Å². The van der Waals surface area contributed by atoms with Crippen LogP contribution in [0.3, 0.4) is 0 Å². The first-order valence-corrected chi connectivity index (χ1v) is 7.31. The number of aryl methyl sites for hydroxylation is 1. The standard InChI is InChI=1S/C14H16N4O3.CH2O2/c19-10-7-8-3-1-2-4-9(8)13(10)16-12(20)6-5-11-15-14(21)18-17-11;2-1-3/h1-4,10,13,19H,5-7H2,(H,16,20)(H2,15,17,18,21);1H,(H,2,3)/t10-,13+;/m0./s1. The third kappa shape index (κ3) is 4.29. The second kappa shape index (κ2) is 8.06. The SMILES string of the molecule is O=C(CCc1n[nH]c(=O)[nH]1)N[C@@H]1c2ccccc2C[C@@H]1O.O=CO. The summed E-state index contributed by atoms with van der Waals surface area (Å²) in [7, 11) is 0. The quantitative estimate of drug-likeness (QED) is 0.476. The molecule has 1 aliphatic carbocycles. The van der Waals surface area contributed by atoms with Crippen LogP contribution in [0.15, 0.2) is 29.1 Å². The van der Waals surface area contributed by atoms with Gasteiger partial charge in [0.15, 0.2) is 0 Å². The van der Waals surface area contributed by atoms with Crippen LogP contribution >= 0.6 is 0 Å². The molecule has 0 saturated heterocycles. The van der Waals surface area contributed by atoms with Gasteiger partial charge < -0.3 is 15.5 Å². The van der Waals surface area contributed by atoms with Crippen LogP contribution in [0, 0.1) is 0 Å². The first-order valence-electron chi connectivity index (χ1n) is 7.31. The second-order valence-corrected chi connectivity index (χ2v) is 5.25. The lowest BCUT2D eigenvalue weighted by Crippen LogP contribution is -2.34. The number of aliphatic hydroxyl groups excluding tert-OH is 1. The Morgan fingerprint density at radius 1 is 1.42 bits per heavy atom. The van der Waals surface area contributed by atoms with Crippen molar-refractivity contribution in [2.45, 2.75) is 31.4 Å². The fourth-order valence-electron chi connectivity index (χ4n) is 2.65. The summed E-state index contributed by atoms with van der Waals surface area (Å²) in [6.45, 7) is -0.250. The van der Waals surface area contributed by atoms with Gasteiger partial charge in [-0.05, 0) is 11.1 Å². The molecule has 1 aromatic heterocycles. The number of fused-ring (bicyclic) bond motifs is 1. The van der Waals surface area contributed by atoms with Crippen LogP contribution in [0.2, 0.25) is 0 Å². The van der Waals surface area contributed by atoms with Crippen LogP contribution in [-0.2, 0) is 22.4 Å². The third-order valence-electron chi connectivity index (χ3n) is 3.66. The maximum absolute atomic E-state index is 12.0. The van der Waals surface area contributed by atoms with Gasteiger partial charge in [0, 0.05) is 19.3 Å². The number of aromatic nitrogens is 3. The topological polar surface area (TPSA) is 148 Å². The second-order valence-electron chi connectivity index (χ2n) is 5.25. The minimum absolute atomic E-state index is 0.181. The van der Waals surface area contributed by atoms with Crippen LogP contribution in [0.4, 0.5) is 0 Å². The van der Waals surface area contributed by atoms with E-state index in [4.69, 9.17) is 9.90 Å². The molecule has 1 amide bonds. The molecule has 0 fully saturated rings. The average Bonchev–Trinajstić information content (AvgIpc) is 3.10. The van der Waals surface area contributed by atoms with E-state index in [1.54, 1.807) is 0 Å². The largest absolute Gasteiger partial charge is 0.483 e. The average molecular weight is 334 g/mol. The van der Waals surface area contributed by atoms with E-state index in [0.717, 1.165) is 11.1 Å². The Morgan fingerprint density at radius 2 is 2.12 bits per heavy atom. The van der Waals surface area contributed by atoms with Crippen LogP contribution in [0.25, 0.3) is 0 Å². The molecule has 9 nitrogen and oxygen atoms in total. The Bertz CT molecular complexity index is 754. The van der Waals surface area contributed by atoms with E-state index in [1.165, 1.54) is 0 Å². The molecule has 2 atom stereocenters. The third-order valence-corrected chi connectivity index (χ3v) is 3.66. The number of carbonyl (C=O) groups excluding carboxylic acids is 1. The molecule has 1 aliphatic rings. The number of aliphatic hydroxyl groups is 1. The van der Waals surface area contributed by atoms with E-state index in [9.17, 15) is 14.7 Å². The lowest BCUT2D eigenvalue weighted by molar-refractivity contribution is -0.123. The molecule has 0 spiro atoms. The normalized spacial score (nSPS) is 18.2. The molecule has 5 N–H and O–H groups in total. The number of nitrogens with one attached hydrogen (secondary N) is 3. The van der Waals surface area contributed by atoms with Crippen LogP contribution in [0.1, 0.15) is 29.4 Å². The van der Waals surface area contributed by atoms with Crippen molar-refractivity contribution in [2.24, 2.45) is 0 Å². The lowest BCUT2D eigenvalue weighted by Gasteiger charge is -2.17. The van der Waals surface area contributed by atoms with Gasteiger partial charge in [-0.15, -0.1) is 0 Å². The predicted octanol–water partition coefficient (Wildman–Crippen LogP) is -0.494. The molecule has 128 valence electrons. The molecule has 1 aromatic carbocycles. The molecule has 2 aromatic rings. The highest BCUT2D eigenvalue weighted by molar-refractivity contribution is 5.77. The molecular formula is C15H18N4O5. The van der Waals surface area contributed by atoms with E-state index in [-0.39, 0.29) is 30.5 Å². The summed E-state index contributed by atoms with van der Waals surface area (Å²) in [4.78, 5) is 33.7. The molecule has 0 radical (unpaired) electrons. The van der Waals surface area contributed by atoms with Gasteiger partial charge in [0.2, 0.25) is 5.91 Å². The summed E-state index contributed by atoms with van der Waals surface area (Å²) in [5.41, 5.74) is 1.64. The van der Waals surface area contributed by atoms with Crippen molar-refractivity contribution in [2.75, 3.05) is 0 Å². The van der Waals surface area contributed by atoms with Crippen LogP contribution < -0.4 is 11.0 Å². The van der Waals surface area contributed by atoms with E-state index in [1.807, 2.05) is 24.3 Å². The van der Waals surface area contributed by atoms with Crippen molar-refractivity contribution < 1.29 is 19.8 Å². The highest BCUT2D eigenvalue weighted by Crippen LogP contribution is 2.31. The smallest absolute Gasteiger partial charge is 0.340 e. The van der Waals surface area contributed by atoms with Crippen molar-refractivity contribution in [3.63, 3.8) is 0 Å². The zero-order chi connectivity index (χ0) is 17.5. The van der Waals surface area contributed by atoms with E-state index >= 15 is 0 Å². The van der Waals surface area contributed by atoms with Gasteiger partial charge in [-0.25, -0.2) is 9.89 Å². The summed E-state index contributed by atoms with van der Waals surface area (Å²) < 4.78 is 0. The van der Waals surface area contributed by atoms with Crippen molar-refractivity contribution in [1.82, 2.24) is 20.5 Å². The molecule has 24 heavy (non-hydrogen) atoms. The number of benzene rings is 1. The number of carbonyl (C=O) groups is 2. The fourth-order valence-corrected chi connectivity index (χ4v) is 2.65. The van der Waals surface area contributed by atoms with Crippen molar-refractivity contribution >= 4 is 12.4 Å². The zero-order valence-electron chi connectivity index (χ0n) is 12.7. The molecule has 0 bridgehead atoms. The van der Waals surface area contributed by atoms with E-state index < -0.39 is 6.10 Å². The first-order chi connectivity index (χ1) is 11.5. The summed E-state index contributed by atoms with van der Waals surface area (Å²) in [6, 6.07) is 7.32. The zero-order valence-corrected chi connectivity index (χ0v) is 12.7. The van der Waals surface area contributed by atoms with Gasteiger partial charge >= 0.3 is 5.69 Å². The number of nitrogens with zero attached hydrogens (tertiary/aromatic N) is 1. The first kappa shape index (κ1) is 17.4. The van der Waals surface area contributed by atoms with E-state index in [2.05, 4.69) is 20.5 Å². The van der Waals surface area contributed by atoms with Gasteiger partial charge in [0.1, 0.15) is 5.82 Å². The molecule has 0 saturated carbocycles. The number of aromatic amines is 2. The highest BCUT2D eigenvalue weighted by atomic mass is 16.3. The Balaban J connectivity index is 0.000000647. The molecule has 0 aliphatic heterocycles. The highest BCUT2D eigenvalue weighted by Gasteiger charge is 2.31. The summed E-state index contributed by atoms with van der Waals surface area (Å²) in [6.07, 6.45) is 0.492. The Hall–Kier alpha value is -2.94. The maximum atomic E-state index is 12.0. The van der Waals surface area contributed by atoms with Crippen LogP contribution in [0.5, 0.6) is 0 Å². The summed E-state index contributed by atoms with van der Waals surface area (Å²) in [5, 5.41) is 25.8. The fraction of sp³-hybridized carbons (Fsp3) is 0.333. The van der Waals surface area contributed by atoms with Gasteiger partial charge in [-0.2, -0.15) is 5.10 Å². The molecule has 0 unspecified atom stereocenters. The molecule has 3 rings (SSSR count). The van der Waals surface area contributed by atoms with Crippen LogP contribution in [-0.4, -0.2) is 43.9 Å². The Labute approximate surface area is 136 Å². The lowest BCUT2D eigenvalue weighted by atomic mass is 10.1. The number of H-pyrrole nitrogens is 2. The predicted molar refractivity (Wildman–Crippen MR) is 83.3 cm³/mol. The molecule has 9 heteroatoms. The Kier molecular flexibility index (Phi) is 5.85. The number of hydrogen-bond acceptors (Lipinski definition) is 5. The minimum Gasteiger partial charge on any atom is -0.483 e. The van der Waals surface area contributed by atoms with Crippen molar-refractivity contribution in [1.29, 1.82) is 0 Å². The minimum atomic E-state index is -0.600. The van der Waals surface area contributed by atoms with Gasteiger partial charge in [0.05, 0.1) is 12.1 Å². The monoisotopic (exact) mass is 334 g/mol. The number of rotatable bonds is 4. The summed E-state index contributed by atoms with van der Waals surface area (Å²) in [5.74, 6) is 0.266. The van der Waals surface area contributed by atoms with Crippen molar-refractivity contribution in [3.8, 4) is 0 Å². The number of amides is 1. The number of hydrogen-bond donors (Lipinski definition) is 5. The Morgan fingerprint density at radius 3 is 2.79 bits per heavy atom. The summed E-state index contributed by atoms with van der Waals surface area (Å²) >= 11 is 0. The van der Waals surface area contributed by atoms with E-state index in [0.29, 0.717) is 18.7 Å². The maximum Gasteiger partial charge on any atom is 0.340 e. The van der Waals surface area contributed by atoms with Gasteiger partial charge in [-0.3, -0.25) is 14.6 Å². The number of carboxylic acid groups (broad SMARTS) is 1. The van der Waals surface area contributed by atoms with Gasteiger partial charge in [-0.1, -0.05) is 24.3 Å². The molecular weight excluding hydrogens is 316 g/mol. The molecule has 1 heterocycles.